The molecule has 1 aromatic heterocycles. The Kier molecular flexibility index (Phi) is 6.48. The highest BCUT2D eigenvalue weighted by atomic mass is 32.1. The Morgan fingerprint density at radius 3 is 2.61 bits per heavy atom. The van der Waals surface area contributed by atoms with Gasteiger partial charge in [-0.1, -0.05) is 20.8 Å². The largest absolute Gasteiger partial charge is 0.340 e. The summed E-state index contributed by atoms with van der Waals surface area (Å²) < 4.78 is 0. The molecule has 180 valence electrons. The minimum Gasteiger partial charge on any atom is -0.340 e. The molecule has 5 amide bonds. The monoisotopic (exact) mass is 475 g/mol. The molecule has 1 atom stereocenters. The van der Waals surface area contributed by atoms with E-state index in [1.807, 2.05) is 0 Å². The van der Waals surface area contributed by atoms with Crippen molar-refractivity contribution in [1.29, 1.82) is 0 Å². The Morgan fingerprint density at radius 1 is 1.24 bits per heavy atom. The molecule has 3 aliphatic rings. The quantitative estimate of drug-likeness (QED) is 0.651. The predicted octanol–water partition coefficient (Wildman–Crippen LogP) is 2.85. The highest BCUT2D eigenvalue weighted by Crippen LogP contribution is 2.43. The fourth-order valence-corrected chi connectivity index (χ4v) is 5.81. The summed E-state index contributed by atoms with van der Waals surface area (Å²) in [5.74, 6) is -0.584. The van der Waals surface area contributed by atoms with Gasteiger partial charge in [-0.15, -0.1) is 11.3 Å². The third-order valence-corrected chi connectivity index (χ3v) is 8.10. The SMILES string of the molecule is CC(C)(C)C1CCC2(CC1)NC(=O)N(CC(=O)N1CCCC(C(=O)Nc3nccs3)C1)C2=O. The summed E-state index contributed by atoms with van der Waals surface area (Å²) in [7, 11) is 0. The summed E-state index contributed by atoms with van der Waals surface area (Å²) in [6.07, 6.45) is 5.96. The predicted molar refractivity (Wildman–Crippen MR) is 124 cm³/mol. The van der Waals surface area contributed by atoms with E-state index in [1.54, 1.807) is 16.5 Å². The van der Waals surface area contributed by atoms with Crippen LogP contribution in [0.1, 0.15) is 59.3 Å². The number of nitrogens with zero attached hydrogens (tertiary/aromatic N) is 3. The Labute approximate surface area is 198 Å². The summed E-state index contributed by atoms with van der Waals surface area (Å²) in [5.41, 5.74) is -0.712. The molecule has 4 rings (SSSR count). The topological polar surface area (TPSA) is 112 Å². The number of urea groups is 1. The second kappa shape index (κ2) is 9.04. The number of amides is 5. The van der Waals surface area contributed by atoms with Gasteiger partial charge in [0.25, 0.3) is 5.91 Å². The molecular weight excluding hydrogens is 442 g/mol. The van der Waals surface area contributed by atoms with Crippen LogP contribution in [0.15, 0.2) is 11.6 Å². The highest BCUT2D eigenvalue weighted by Gasteiger charge is 2.53. The van der Waals surface area contributed by atoms with Gasteiger partial charge in [-0.3, -0.25) is 19.3 Å². The van der Waals surface area contributed by atoms with E-state index in [1.165, 1.54) is 11.3 Å². The molecule has 1 spiro atoms. The van der Waals surface area contributed by atoms with Crippen LogP contribution >= 0.6 is 11.3 Å². The maximum absolute atomic E-state index is 13.2. The first kappa shape index (κ1) is 23.7. The fourth-order valence-electron chi connectivity index (χ4n) is 5.28. The molecule has 1 saturated carbocycles. The summed E-state index contributed by atoms with van der Waals surface area (Å²) >= 11 is 1.34. The van der Waals surface area contributed by atoms with Crippen molar-refractivity contribution < 1.29 is 19.2 Å². The number of hydrogen-bond donors (Lipinski definition) is 2. The Balaban J connectivity index is 1.34. The van der Waals surface area contributed by atoms with Gasteiger partial charge in [0.05, 0.1) is 5.92 Å². The molecule has 0 bridgehead atoms. The lowest BCUT2D eigenvalue weighted by molar-refractivity contribution is -0.141. The Bertz CT molecular complexity index is 918. The molecule has 1 unspecified atom stereocenters. The maximum Gasteiger partial charge on any atom is 0.325 e. The Hall–Kier alpha value is -2.49. The second-order valence-corrected chi connectivity index (χ2v) is 11.4. The molecule has 0 aromatic carbocycles. The fraction of sp³-hybridized carbons (Fsp3) is 0.696. The molecule has 1 aliphatic carbocycles. The first-order valence-corrected chi connectivity index (χ1v) is 12.6. The van der Waals surface area contributed by atoms with E-state index < -0.39 is 11.6 Å². The molecule has 3 heterocycles. The number of nitrogens with one attached hydrogen (secondary N) is 2. The number of likely N-dealkylation sites (tertiary alicyclic amines) is 1. The summed E-state index contributed by atoms with van der Waals surface area (Å²) in [6.45, 7) is 7.13. The maximum atomic E-state index is 13.2. The van der Waals surface area contributed by atoms with Crippen LogP contribution < -0.4 is 10.6 Å². The van der Waals surface area contributed by atoms with Crippen LogP contribution in [0.2, 0.25) is 0 Å². The summed E-state index contributed by atoms with van der Waals surface area (Å²) in [4.78, 5) is 58.2. The van der Waals surface area contributed by atoms with Crippen LogP contribution in [-0.2, 0) is 14.4 Å². The van der Waals surface area contributed by atoms with Gasteiger partial charge in [0.15, 0.2) is 5.13 Å². The number of hydrogen-bond acceptors (Lipinski definition) is 6. The van der Waals surface area contributed by atoms with Crippen molar-refractivity contribution in [3.05, 3.63) is 11.6 Å². The van der Waals surface area contributed by atoms with Crippen molar-refractivity contribution in [2.24, 2.45) is 17.3 Å². The zero-order valence-corrected chi connectivity index (χ0v) is 20.4. The molecule has 9 nitrogen and oxygen atoms in total. The zero-order chi connectivity index (χ0) is 23.8. The number of piperidine rings is 1. The lowest BCUT2D eigenvalue weighted by Crippen LogP contribution is -2.51. The van der Waals surface area contributed by atoms with Crippen LogP contribution in [0.3, 0.4) is 0 Å². The molecule has 10 heteroatoms. The molecule has 3 fully saturated rings. The second-order valence-electron chi connectivity index (χ2n) is 10.5. The van der Waals surface area contributed by atoms with Crippen LogP contribution in [0.4, 0.5) is 9.93 Å². The number of thiazole rings is 1. The highest BCUT2D eigenvalue weighted by molar-refractivity contribution is 7.13. The molecule has 2 N–H and O–H groups in total. The van der Waals surface area contributed by atoms with Gasteiger partial charge in [0.1, 0.15) is 12.1 Å². The van der Waals surface area contributed by atoms with Gasteiger partial charge in [0.2, 0.25) is 11.8 Å². The average Bonchev–Trinajstić information content (AvgIpc) is 3.36. The van der Waals surface area contributed by atoms with Gasteiger partial charge >= 0.3 is 6.03 Å². The number of aromatic nitrogens is 1. The van der Waals surface area contributed by atoms with Crippen molar-refractivity contribution in [3.63, 3.8) is 0 Å². The lowest BCUT2D eigenvalue weighted by Gasteiger charge is -2.40. The lowest BCUT2D eigenvalue weighted by atomic mass is 9.67. The van der Waals surface area contributed by atoms with Crippen molar-refractivity contribution in [1.82, 2.24) is 20.1 Å². The van der Waals surface area contributed by atoms with Crippen LogP contribution in [0.5, 0.6) is 0 Å². The summed E-state index contributed by atoms with van der Waals surface area (Å²) in [5, 5.41) is 8.01. The zero-order valence-electron chi connectivity index (χ0n) is 19.6. The molecule has 2 aliphatic heterocycles. The third-order valence-electron chi connectivity index (χ3n) is 7.41. The third kappa shape index (κ3) is 4.90. The molecular formula is C23H33N5O4S. The van der Waals surface area contributed by atoms with E-state index >= 15 is 0 Å². The number of rotatable bonds is 4. The van der Waals surface area contributed by atoms with E-state index in [0.717, 1.165) is 17.7 Å². The van der Waals surface area contributed by atoms with Crippen molar-refractivity contribution >= 4 is 40.2 Å². The summed E-state index contributed by atoms with van der Waals surface area (Å²) in [6, 6.07) is -0.488. The van der Waals surface area contributed by atoms with Crippen molar-refractivity contribution in [2.45, 2.75) is 64.8 Å². The van der Waals surface area contributed by atoms with Crippen LogP contribution in [-0.4, -0.2) is 63.7 Å². The van der Waals surface area contributed by atoms with Crippen molar-refractivity contribution in [2.75, 3.05) is 25.0 Å². The normalized spacial score (nSPS) is 28.2. The molecule has 33 heavy (non-hydrogen) atoms. The van der Waals surface area contributed by atoms with E-state index in [9.17, 15) is 19.2 Å². The van der Waals surface area contributed by atoms with E-state index in [4.69, 9.17) is 0 Å². The van der Waals surface area contributed by atoms with E-state index in [-0.39, 0.29) is 42.1 Å². The van der Waals surface area contributed by atoms with Gasteiger partial charge in [-0.05, 0) is 49.9 Å². The average molecular weight is 476 g/mol. The minimum absolute atomic E-state index is 0.160. The molecule has 2 saturated heterocycles. The number of imide groups is 1. The molecule has 1 aromatic rings. The first-order valence-electron chi connectivity index (χ1n) is 11.7. The van der Waals surface area contributed by atoms with Gasteiger partial charge < -0.3 is 15.5 Å². The number of anilines is 1. The molecule has 0 radical (unpaired) electrons. The van der Waals surface area contributed by atoms with Gasteiger partial charge in [-0.25, -0.2) is 9.78 Å². The minimum atomic E-state index is -0.878. The van der Waals surface area contributed by atoms with E-state index in [2.05, 4.69) is 36.4 Å². The van der Waals surface area contributed by atoms with Crippen LogP contribution in [0.25, 0.3) is 0 Å². The van der Waals surface area contributed by atoms with Gasteiger partial charge in [-0.2, -0.15) is 0 Å². The standard InChI is InChI=1S/C23H33N5O4S/c1-22(2,3)16-6-8-23(9-7-16)19(31)28(21(32)26-23)14-17(29)27-11-4-5-15(13-27)18(30)25-20-24-10-12-33-20/h10,12,15-16H,4-9,11,13-14H2,1-3H3,(H,26,32)(H,24,25,30). The number of carbonyl (C=O) groups is 4. The Morgan fingerprint density at radius 2 is 1.97 bits per heavy atom. The first-order chi connectivity index (χ1) is 15.6. The smallest absolute Gasteiger partial charge is 0.325 e. The van der Waals surface area contributed by atoms with Gasteiger partial charge in [0, 0.05) is 24.7 Å². The van der Waals surface area contributed by atoms with Crippen molar-refractivity contribution in [3.8, 4) is 0 Å². The number of carbonyl (C=O) groups excluding carboxylic acids is 4. The van der Waals surface area contributed by atoms with E-state index in [0.29, 0.717) is 43.3 Å². The van der Waals surface area contributed by atoms with Crippen LogP contribution in [0, 0.1) is 17.3 Å².